The van der Waals surface area contributed by atoms with Crippen molar-refractivity contribution in [3.05, 3.63) is 65.7 Å². The van der Waals surface area contributed by atoms with Crippen LogP contribution in [-0.4, -0.2) is 23.0 Å². The fraction of sp³-hybridized carbons (Fsp3) is 0.278. The number of aryl methyl sites for hydroxylation is 1. The molecule has 0 aliphatic heterocycles. The third kappa shape index (κ3) is 4.63. The van der Waals surface area contributed by atoms with Crippen molar-refractivity contribution in [1.82, 2.24) is 4.90 Å². The highest BCUT2D eigenvalue weighted by Gasteiger charge is 2.10. The van der Waals surface area contributed by atoms with Crippen LogP contribution in [0, 0.1) is 0 Å². The Morgan fingerprint density at radius 1 is 1.05 bits per heavy atom. The van der Waals surface area contributed by atoms with Gasteiger partial charge in [0, 0.05) is 25.6 Å². The summed E-state index contributed by atoms with van der Waals surface area (Å²) in [5.41, 5.74) is 2.03. The second-order valence-corrected chi connectivity index (χ2v) is 5.22. The number of carbonyl (C=O) groups excluding carboxylic acids is 1. The summed E-state index contributed by atoms with van der Waals surface area (Å²) in [5.74, 6) is 0.343. The van der Waals surface area contributed by atoms with Crippen LogP contribution in [0.5, 0.6) is 5.75 Å². The molecule has 0 bridgehead atoms. The molecular weight excluding hydrogens is 262 g/mol. The number of hydrogen-bond acceptors (Lipinski definition) is 2. The number of hydrogen-bond donors (Lipinski definition) is 1. The van der Waals surface area contributed by atoms with Gasteiger partial charge in [0.05, 0.1) is 0 Å². The maximum atomic E-state index is 12.1. The number of aromatic hydroxyl groups is 1. The first-order valence-corrected chi connectivity index (χ1v) is 7.21. The van der Waals surface area contributed by atoms with E-state index in [1.807, 2.05) is 30.3 Å². The average Bonchev–Trinajstić information content (AvgIpc) is 2.50. The van der Waals surface area contributed by atoms with Gasteiger partial charge in [-0.1, -0.05) is 48.5 Å². The van der Waals surface area contributed by atoms with E-state index in [0.717, 1.165) is 18.4 Å². The Morgan fingerprint density at radius 3 is 2.43 bits per heavy atom. The van der Waals surface area contributed by atoms with E-state index in [0.29, 0.717) is 13.0 Å². The molecule has 0 saturated carbocycles. The van der Waals surface area contributed by atoms with Gasteiger partial charge in [-0.15, -0.1) is 0 Å². The van der Waals surface area contributed by atoms with Gasteiger partial charge in [-0.05, 0) is 24.5 Å². The van der Waals surface area contributed by atoms with Crippen LogP contribution in [0.15, 0.2) is 54.6 Å². The fourth-order valence-electron chi connectivity index (χ4n) is 2.27. The van der Waals surface area contributed by atoms with E-state index in [9.17, 15) is 9.90 Å². The zero-order valence-corrected chi connectivity index (χ0v) is 12.3. The predicted molar refractivity (Wildman–Crippen MR) is 84.0 cm³/mol. The molecule has 0 spiro atoms. The number of phenols is 1. The Balaban J connectivity index is 1.79. The standard InChI is InChI=1S/C18H21NO2/c1-19(14-16-11-5-6-12-17(16)20)18(21)13-7-10-15-8-3-2-4-9-15/h2-6,8-9,11-12,20H,7,10,13-14H2,1H3. The van der Waals surface area contributed by atoms with Gasteiger partial charge in [0.25, 0.3) is 0 Å². The minimum absolute atomic E-state index is 0.106. The maximum Gasteiger partial charge on any atom is 0.222 e. The fourth-order valence-corrected chi connectivity index (χ4v) is 2.27. The molecule has 0 heterocycles. The van der Waals surface area contributed by atoms with Crippen LogP contribution >= 0.6 is 0 Å². The van der Waals surface area contributed by atoms with E-state index in [1.54, 1.807) is 24.1 Å². The lowest BCUT2D eigenvalue weighted by Gasteiger charge is -2.18. The molecule has 0 aromatic heterocycles. The van der Waals surface area contributed by atoms with Crippen LogP contribution in [0.2, 0.25) is 0 Å². The topological polar surface area (TPSA) is 40.5 Å². The quantitative estimate of drug-likeness (QED) is 0.883. The minimum atomic E-state index is 0.106. The second kappa shape index (κ2) is 7.48. The van der Waals surface area contributed by atoms with Crippen molar-refractivity contribution < 1.29 is 9.90 Å². The van der Waals surface area contributed by atoms with Gasteiger partial charge >= 0.3 is 0 Å². The maximum absolute atomic E-state index is 12.1. The van der Waals surface area contributed by atoms with Gasteiger partial charge in [0.15, 0.2) is 0 Å². The summed E-state index contributed by atoms with van der Waals surface area (Å²) in [6.07, 6.45) is 2.28. The summed E-state index contributed by atoms with van der Waals surface area (Å²) in [7, 11) is 1.78. The van der Waals surface area contributed by atoms with Crippen molar-refractivity contribution in [1.29, 1.82) is 0 Å². The number of nitrogens with zero attached hydrogens (tertiary/aromatic N) is 1. The molecule has 0 atom stereocenters. The number of rotatable bonds is 6. The summed E-state index contributed by atoms with van der Waals surface area (Å²) in [6.45, 7) is 0.441. The normalized spacial score (nSPS) is 10.3. The number of para-hydroxylation sites is 1. The zero-order valence-electron chi connectivity index (χ0n) is 12.3. The van der Waals surface area contributed by atoms with Crippen LogP contribution in [0.4, 0.5) is 0 Å². The summed E-state index contributed by atoms with van der Waals surface area (Å²) in [5, 5.41) is 9.73. The van der Waals surface area contributed by atoms with Crippen molar-refractivity contribution in [2.75, 3.05) is 7.05 Å². The lowest BCUT2D eigenvalue weighted by molar-refractivity contribution is -0.130. The first-order chi connectivity index (χ1) is 10.2. The monoisotopic (exact) mass is 283 g/mol. The van der Waals surface area contributed by atoms with Gasteiger partial charge in [-0.2, -0.15) is 0 Å². The first-order valence-electron chi connectivity index (χ1n) is 7.21. The second-order valence-electron chi connectivity index (χ2n) is 5.22. The van der Waals surface area contributed by atoms with Gasteiger partial charge in [-0.3, -0.25) is 4.79 Å². The van der Waals surface area contributed by atoms with Crippen molar-refractivity contribution in [3.8, 4) is 5.75 Å². The van der Waals surface area contributed by atoms with Gasteiger partial charge in [-0.25, -0.2) is 0 Å². The predicted octanol–water partition coefficient (Wildman–Crippen LogP) is 3.37. The highest BCUT2D eigenvalue weighted by Crippen LogP contribution is 2.17. The average molecular weight is 283 g/mol. The van der Waals surface area contributed by atoms with Crippen LogP contribution in [-0.2, 0) is 17.8 Å². The van der Waals surface area contributed by atoms with E-state index < -0.39 is 0 Å². The Hall–Kier alpha value is -2.29. The summed E-state index contributed by atoms with van der Waals surface area (Å²) in [4.78, 5) is 13.8. The molecule has 21 heavy (non-hydrogen) atoms. The van der Waals surface area contributed by atoms with Crippen molar-refractivity contribution in [3.63, 3.8) is 0 Å². The molecule has 3 nitrogen and oxygen atoms in total. The molecule has 0 aliphatic rings. The van der Waals surface area contributed by atoms with Gasteiger partial charge in [0.2, 0.25) is 5.91 Å². The molecule has 2 aromatic rings. The third-order valence-corrected chi connectivity index (χ3v) is 3.52. The molecule has 0 radical (unpaired) electrons. The van der Waals surface area contributed by atoms with Gasteiger partial charge < -0.3 is 10.0 Å². The molecule has 1 N–H and O–H groups in total. The summed E-state index contributed by atoms with van der Waals surface area (Å²) >= 11 is 0. The molecule has 2 aromatic carbocycles. The zero-order chi connectivity index (χ0) is 15.1. The highest BCUT2D eigenvalue weighted by atomic mass is 16.3. The number of carbonyl (C=O) groups is 1. The van der Waals surface area contributed by atoms with E-state index in [2.05, 4.69) is 12.1 Å². The van der Waals surface area contributed by atoms with Gasteiger partial charge in [0.1, 0.15) is 5.75 Å². The molecular formula is C18H21NO2. The van der Waals surface area contributed by atoms with E-state index in [4.69, 9.17) is 0 Å². The van der Waals surface area contributed by atoms with Crippen LogP contribution < -0.4 is 0 Å². The van der Waals surface area contributed by atoms with E-state index >= 15 is 0 Å². The lowest BCUT2D eigenvalue weighted by atomic mass is 10.1. The Bertz CT molecular complexity index is 581. The Morgan fingerprint density at radius 2 is 1.71 bits per heavy atom. The SMILES string of the molecule is CN(Cc1ccccc1O)C(=O)CCCc1ccccc1. The third-order valence-electron chi connectivity index (χ3n) is 3.52. The molecule has 1 amide bonds. The van der Waals surface area contributed by atoms with Crippen molar-refractivity contribution in [2.24, 2.45) is 0 Å². The van der Waals surface area contributed by atoms with Crippen LogP contribution in [0.1, 0.15) is 24.0 Å². The molecule has 110 valence electrons. The summed E-state index contributed by atoms with van der Waals surface area (Å²) in [6, 6.07) is 17.3. The Kier molecular flexibility index (Phi) is 5.38. The molecule has 2 rings (SSSR count). The van der Waals surface area contributed by atoms with Crippen LogP contribution in [0.25, 0.3) is 0 Å². The van der Waals surface area contributed by atoms with E-state index in [-0.39, 0.29) is 11.7 Å². The number of benzene rings is 2. The smallest absolute Gasteiger partial charge is 0.222 e. The molecule has 3 heteroatoms. The Labute approximate surface area is 125 Å². The lowest BCUT2D eigenvalue weighted by Crippen LogP contribution is -2.26. The molecule has 0 aliphatic carbocycles. The first kappa shape index (κ1) is 15.1. The van der Waals surface area contributed by atoms with E-state index in [1.165, 1.54) is 5.56 Å². The van der Waals surface area contributed by atoms with Crippen molar-refractivity contribution in [2.45, 2.75) is 25.8 Å². The van der Waals surface area contributed by atoms with Crippen molar-refractivity contribution >= 4 is 5.91 Å². The molecule has 0 saturated heterocycles. The summed E-state index contributed by atoms with van der Waals surface area (Å²) < 4.78 is 0. The molecule has 0 fully saturated rings. The largest absolute Gasteiger partial charge is 0.508 e. The molecule has 0 unspecified atom stereocenters. The number of phenolic OH excluding ortho intramolecular Hbond substituents is 1. The number of amides is 1. The van der Waals surface area contributed by atoms with Crippen LogP contribution in [0.3, 0.4) is 0 Å². The highest BCUT2D eigenvalue weighted by molar-refractivity contribution is 5.75. The minimum Gasteiger partial charge on any atom is -0.508 e.